The fourth-order valence-corrected chi connectivity index (χ4v) is 2.43. The number of carbonyl (C=O) groups excluding carboxylic acids is 1. The van der Waals surface area contributed by atoms with Gasteiger partial charge in [0.15, 0.2) is 5.56 Å². The Labute approximate surface area is 112 Å². The topological polar surface area (TPSA) is 92.4 Å². The highest BCUT2D eigenvalue weighted by Crippen LogP contribution is 2.34. The molecule has 0 atom stereocenters. The van der Waals surface area contributed by atoms with E-state index < -0.39 is 5.97 Å². The third kappa shape index (κ3) is 2.24. The minimum atomic E-state index is -1.17. The monoisotopic (exact) mass is 278 g/mol. The number of aromatic nitrogens is 1. The van der Waals surface area contributed by atoms with E-state index >= 15 is 0 Å². The van der Waals surface area contributed by atoms with Gasteiger partial charge in [0.2, 0.25) is 11.8 Å². The van der Waals surface area contributed by atoms with Gasteiger partial charge in [0.25, 0.3) is 0 Å². The van der Waals surface area contributed by atoms with E-state index in [0.717, 1.165) is 12.8 Å². The predicted octanol–water partition coefficient (Wildman–Crippen LogP) is 2.45. The van der Waals surface area contributed by atoms with Gasteiger partial charge in [-0.15, -0.1) is 11.3 Å². The lowest BCUT2D eigenvalue weighted by molar-refractivity contribution is -0.117. The van der Waals surface area contributed by atoms with Crippen molar-refractivity contribution in [3.63, 3.8) is 0 Å². The lowest BCUT2D eigenvalue weighted by Gasteiger charge is -2.00. The quantitative estimate of drug-likeness (QED) is 0.896. The molecule has 6 nitrogen and oxygen atoms in total. The molecule has 98 valence electrons. The van der Waals surface area contributed by atoms with Crippen molar-refractivity contribution in [1.82, 2.24) is 5.16 Å². The molecule has 0 aromatic carbocycles. The SMILES string of the molecule is O=C(O)c1c(-c2cccs2)noc1NC(=O)C1CC1. The van der Waals surface area contributed by atoms with E-state index in [-0.39, 0.29) is 29.0 Å². The first kappa shape index (κ1) is 11.9. The molecule has 0 radical (unpaired) electrons. The first-order chi connectivity index (χ1) is 9.16. The number of amides is 1. The number of thiophene rings is 1. The molecular formula is C12H10N2O4S. The largest absolute Gasteiger partial charge is 0.477 e. The zero-order chi connectivity index (χ0) is 13.4. The standard InChI is InChI=1S/C12H10N2O4S/c15-10(6-3-4-6)13-11-8(12(16)17)9(14-18-11)7-2-1-5-19-7/h1-2,5-6H,3-4H2,(H,13,15)(H,16,17). The van der Waals surface area contributed by atoms with Crippen LogP contribution in [0.15, 0.2) is 22.0 Å². The van der Waals surface area contributed by atoms with Crippen LogP contribution in [0.1, 0.15) is 23.2 Å². The van der Waals surface area contributed by atoms with E-state index in [4.69, 9.17) is 4.52 Å². The van der Waals surface area contributed by atoms with Crippen molar-refractivity contribution in [2.75, 3.05) is 5.32 Å². The Morgan fingerprint density at radius 3 is 2.84 bits per heavy atom. The van der Waals surface area contributed by atoms with Crippen LogP contribution in [-0.2, 0) is 4.79 Å². The van der Waals surface area contributed by atoms with Crippen LogP contribution in [0.4, 0.5) is 5.88 Å². The number of hydrogen-bond acceptors (Lipinski definition) is 5. The highest BCUT2D eigenvalue weighted by molar-refractivity contribution is 7.13. The summed E-state index contributed by atoms with van der Waals surface area (Å²) >= 11 is 1.36. The number of nitrogens with one attached hydrogen (secondary N) is 1. The van der Waals surface area contributed by atoms with Gasteiger partial charge in [-0.2, -0.15) is 0 Å². The number of carboxylic acids is 1. The van der Waals surface area contributed by atoms with Crippen molar-refractivity contribution < 1.29 is 19.2 Å². The number of hydrogen-bond donors (Lipinski definition) is 2. The van der Waals surface area contributed by atoms with E-state index in [1.807, 2.05) is 5.38 Å². The molecule has 2 aromatic heterocycles. The molecular weight excluding hydrogens is 268 g/mol. The second kappa shape index (κ2) is 4.51. The van der Waals surface area contributed by atoms with E-state index in [2.05, 4.69) is 10.5 Å². The van der Waals surface area contributed by atoms with Crippen LogP contribution >= 0.6 is 11.3 Å². The van der Waals surface area contributed by atoms with Crippen LogP contribution in [0.3, 0.4) is 0 Å². The Morgan fingerprint density at radius 1 is 1.47 bits per heavy atom. The third-order valence-electron chi connectivity index (χ3n) is 2.85. The zero-order valence-electron chi connectivity index (χ0n) is 9.75. The highest BCUT2D eigenvalue weighted by Gasteiger charge is 2.32. The maximum Gasteiger partial charge on any atom is 0.343 e. The molecule has 0 spiro atoms. The molecule has 0 unspecified atom stereocenters. The molecule has 1 aliphatic carbocycles. The van der Waals surface area contributed by atoms with Gasteiger partial charge in [-0.25, -0.2) is 4.79 Å². The molecule has 2 N–H and O–H groups in total. The molecule has 2 heterocycles. The van der Waals surface area contributed by atoms with Crippen LogP contribution in [-0.4, -0.2) is 22.1 Å². The Kier molecular flexibility index (Phi) is 2.83. The number of aromatic carboxylic acids is 1. The minimum Gasteiger partial charge on any atom is -0.477 e. The van der Waals surface area contributed by atoms with E-state index in [1.54, 1.807) is 12.1 Å². The molecule has 1 saturated carbocycles. The average molecular weight is 278 g/mol. The second-order valence-electron chi connectivity index (χ2n) is 4.28. The number of anilines is 1. The lowest BCUT2D eigenvalue weighted by atomic mass is 10.2. The average Bonchev–Trinajstić information content (AvgIpc) is 2.92. The number of carbonyl (C=O) groups is 2. The van der Waals surface area contributed by atoms with E-state index in [1.165, 1.54) is 11.3 Å². The normalized spacial score (nSPS) is 14.3. The molecule has 1 amide bonds. The van der Waals surface area contributed by atoms with E-state index in [9.17, 15) is 14.7 Å². The van der Waals surface area contributed by atoms with Crippen LogP contribution in [0, 0.1) is 5.92 Å². The van der Waals surface area contributed by atoms with Crippen molar-refractivity contribution in [2.24, 2.45) is 5.92 Å². The Bertz CT molecular complexity index is 628. The summed E-state index contributed by atoms with van der Waals surface area (Å²) in [7, 11) is 0. The summed E-state index contributed by atoms with van der Waals surface area (Å²) < 4.78 is 4.97. The van der Waals surface area contributed by atoms with Crippen molar-refractivity contribution in [3.8, 4) is 10.6 Å². The summed E-state index contributed by atoms with van der Waals surface area (Å²) in [6.45, 7) is 0. The molecule has 1 aliphatic rings. The summed E-state index contributed by atoms with van der Waals surface area (Å²) in [6, 6.07) is 3.55. The Morgan fingerprint density at radius 2 is 2.26 bits per heavy atom. The molecule has 19 heavy (non-hydrogen) atoms. The molecule has 2 aromatic rings. The van der Waals surface area contributed by atoms with Crippen molar-refractivity contribution in [2.45, 2.75) is 12.8 Å². The molecule has 3 rings (SSSR count). The lowest BCUT2D eigenvalue weighted by Crippen LogP contribution is -2.15. The summed E-state index contributed by atoms with van der Waals surface area (Å²) in [4.78, 5) is 23.7. The van der Waals surface area contributed by atoms with Crippen LogP contribution in [0.25, 0.3) is 10.6 Å². The molecule has 1 fully saturated rings. The predicted molar refractivity (Wildman–Crippen MR) is 68.1 cm³/mol. The Hall–Kier alpha value is -2.15. The maximum atomic E-state index is 11.7. The summed E-state index contributed by atoms with van der Waals surface area (Å²) in [5.41, 5.74) is 0.144. The Balaban J connectivity index is 1.96. The first-order valence-corrected chi connectivity index (χ1v) is 6.62. The second-order valence-corrected chi connectivity index (χ2v) is 5.23. The van der Waals surface area contributed by atoms with Gasteiger partial charge < -0.3 is 9.63 Å². The van der Waals surface area contributed by atoms with Crippen molar-refractivity contribution in [3.05, 3.63) is 23.1 Å². The number of nitrogens with zero attached hydrogens (tertiary/aromatic N) is 1. The van der Waals surface area contributed by atoms with Gasteiger partial charge in [-0.1, -0.05) is 11.2 Å². The minimum absolute atomic E-state index is 0.0306. The van der Waals surface area contributed by atoms with Gasteiger partial charge >= 0.3 is 5.97 Å². The highest BCUT2D eigenvalue weighted by atomic mass is 32.1. The van der Waals surface area contributed by atoms with Crippen molar-refractivity contribution >= 4 is 29.1 Å². The summed E-state index contributed by atoms with van der Waals surface area (Å²) in [5.74, 6) is -1.50. The number of rotatable bonds is 4. The van der Waals surface area contributed by atoms with Gasteiger partial charge in [0, 0.05) is 5.92 Å². The first-order valence-electron chi connectivity index (χ1n) is 5.74. The van der Waals surface area contributed by atoms with Gasteiger partial charge in [-0.05, 0) is 24.3 Å². The van der Waals surface area contributed by atoms with Crippen molar-refractivity contribution in [1.29, 1.82) is 0 Å². The number of carboxylic acid groups (broad SMARTS) is 1. The van der Waals surface area contributed by atoms with Crippen LogP contribution < -0.4 is 5.32 Å². The third-order valence-corrected chi connectivity index (χ3v) is 3.72. The van der Waals surface area contributed by atoms with Gasteiger partial charge in [-0.3, -0.25) is 10.1 Å². The van der Waals surface area contributed by atoms with E-state index in [0.29, 0.717) is 4.88 Å². The fraction of sp³-hybridized carbons (Fsp3) is 0.250. The molecule has 7 heteroatoms. The molecule has 0 aliphatic heterocycles. The van der Waals surface area contributed by atoms with Gasteiger partial charge in [0.05, 0.1) is 4.88 Å². The van der Waals surface area contributed by atoms with Crippen LogP contribution in [0.2, 0.25) is 0 Å². The summed E-state index contributed by atoms with van der Waals surface area (Å²) in [6.07, 6.45) is 1.67. The molecule has 0 bridgehead atoms. The smallest absolute Gasteiger partial charge is 0.343 e. The zero-order valence-corrected chi connectivity index (χ0v) is 10.6. The maximum absolute atomic E-state index is 11.7. The van der Waals surface area contributed by atoms with Gasteiger partial charge in [0.1, 0.15) is 5.69 Å². The summed E-state index contributed by atoms with van der Waals surface area (Å²) in [5, 5.41) is 17.3. The van der Waals surface area contributed by atoms with Crippen LogP contribution in [0.5, 0.6) is 0 Å². The fourth-order valence-electron chi connectivity index (χ4n) is 1.71. The molecule has 0 saturated heterocycles.